The quantitative estimate of drug-likeness (QED) is 0.603. The summed E-state index contributed by atoms with van der Waals surface area (Å²) in [5.74, 6) is 0.840. The monoisotopic (exact) mass is 473 g/mol. The fourth-order valence-corrected chi connectivity index (χ4v) is 4.60. The van der Waals surface area contributed by atoms with E-state index >= 15 is 0 Å². The predicted octanol–water partition coefficient (Wildman–Crippen LogP) is 1.71. The summed E-state index contributed by atoms with van der Waals surface area (Å²) in [4.78, 5) is 25.2. The fourth-order valence-electron chi connectivity index (χ4n) is 3.65. The van der Waals surface area contributed by atoms with Gasteiger partial charge in [0, 0.05) is 19.7 Å². The Morgan fingerprint density at radius 2 is 1.79 bits per heavy atom. The molecule has 1 fully saturated rings. The van der Waals surface area contributed by atoms with E-state index in [4.69, 9.17) is 9.47 Å². The fraction of sp³-hybridized carbons (Fsp3) is 0.391. The van der Waals surface area contributed by atoms with Crippen LogP contribution in [0.15, 0.2) is 47.4 Å². The molecule has 0 spiro atoms. The molecule has 2 amide bonds. The summed E-state index contributed by atoms with van der Waals surface area (Å²) in [7, 11) is -0.823. The number of rotatable bonds is 8. The van der Waals surface area contributed by atoms with E-state index in [-0.39, 0.29) is 29.0 Å². The Hall–Kier alpha value is -3.11. The molecule has 0 saturated heterocycles. The number of nitrogens with zero attached hydrogens (tertiary/aromatic N) is 1. The standard InChI is InChI=1S/C23H27N3O6S/c1-26(2)33(29,30)18-5-3-4-17(12-18)23(28)24-14-21(27)25-22(15-6-7-15)16-8-9-19-20(13-16)32-11-10-31-19/h3-5,8-9,12-13,15,22H,6-7,10-11,14H2,1-2H3,(H,24,28)(H,25,27). The first kappa shape index (κ1) is 23.1. The van der Waals surface area contributed by atoms with Gasteiger partial charge in [-0.25, -0.2) is 12.7 Å². The van der Waals surface area contributed by atoms with E-state index in [0.717, 1.165) is 22.7 Å². The molecule has 1 saturated carbocycles. The number of benzene rings is 2. The van der Waals surface area contributed by atoms with Crippen LogP contribution in [0, 0.1) is 5.92 Å². The molecule has 2 aromatic carbocycles. The number of nitrogens with one attached hydrogen (secondary N) is 2. The Bertz CT molecular complexity index is 1160. The van der Waals surface area contributed by atoms with Gasteiger partial charge in [0.2, 0.25) is 15.9 Å². The number of fused-ring (bicyclic) bond motifs is 1. The molecule has 10 heteroatoms. The highest BCUT2D eigenvalue weighted by atomic mass is 32.2. The molecule has 0 radical (unpaired) electrons. The topological polar surface area (TPSA) is 114 Å². The van der Waals surface area contributed by atoms with Gasteiger partial charge in [-0.1, -0.05) is 12.1 Å². The summed E-state index contributed by atoms with van der Waals surface area (Å²) < 4.78 is 36.9. The van der Waals surface area contributed by atoms with E-state index in [1.54, 1.807) is 0 Å². The molecule has 1 aliphatic carbocycles. The van der Waals surface area contributed by atoms with Crippen LogP contribution < -0.4 is 20.1 Å². The Morgan fingerprint density at radius 1 is 1.06 bits per heavy atom. The smallest absolute Gasteiger partial charge is 0.251 e. The average Bonchev–Trinajstić information content (AvgIpc) is 3.66. The van der Waals surface area contributed by atoms with Gasteiger partial charge in [0.15, 0.2) is 11.5 Å². The minimum absolute atomic E-state index is 0.0111. The van der Waals surface area contributed by atoms with Gasteiger partial charge in [0.25, 0.3) is 5.91 Å². The lowest BCUT2D eigenvalue weighted by Crippen LogP contribution is -2.39. The lowest BCUT2D eigenvalue weighted by Gasteiger charge is -2.23. The Kier molecular flexibility index (Phi) is 6.57. The second kappa shape index (κ2) is 9.40. The van der Waals surface area contributed by atoms with Crippen molar-refractivity contribution in [1.82, 2.24) is 14.9 Å². The van der Waals surface area contributed by atoms with E-state index < -0.39 is 15.9 Å². The second-order valence-electron chi connectivity index (χ2n) is 8.28. The number of hydrogen-bond acceptors (Lipinski definition) is 6. The van der Waals surface area contributed by atoms with Crippen LogP contribution in [-0.4, -0.2) is 58.4 Å². The lowest BCUT2D eigenvalue weighted by molar-refractivity contribution is -0.121. The highest BCUT2D eigenvalue weighted by Gasteiger charge is 2.34. The van der Waals surface area contributed by atoms with Gasteiger partial charge >= 0.3 is 0 Å². The molecule has 176 valence electrons. The van der Waals surface area contributed by atoms with Crippen LogP contribution in [0.2, 0.25) is 0 Å². The summed E-state index contributed by atoms with van der Waals surface area (Å²) in [6.07, 6.45) is 2.03. The van der Waals surface area contributed by atoms with Crippen molar-refractivity contribution in [2.24, 2.45) is 5.92 Å². The first-order chi connectivity index (χ1) is 15.8. The van der Waals surface area contributed by atoms with Gasteiger partial charge in [-0.15, -0.1) is 0 Å². The number of carbonyl (C=O) groups is 2. The van der Waals surface area contributed by atoms with Crippen LogP contribution in [0.4, 0.5) is 0 Å². The van der Waals surface area contributed by atoms with E-state index in [0.29, 0.717) is 30.6 Å². The summed E-state index contributed by atoms with van der Waals surface area (Å²) in [5.41, 5.74) is 1.10. The number of sulfonamides is 1. The van der Waals surface area contributed by atoms with Gasteiger partial charge in [0.1, 0.15) is 13.2 Å². The number of ether oxygens (including phenoxy) is 2. The maximum Gasteiger partial charge on any atom is 0.251 e. The number of hydrogen-bond donors (Lipinski definition) is 2. The zero-order valence-electron chi connectivity index (χ0n) is 18.5. The molecular formula is C23H27N3O6S. The Morgan fingerprint density at radius 3 is 2.48 bits per heavy atom. The minimum atomic E-state index is -3.67. The van der Waals surface area contributed by atoms with E-state index in [1.165, 1.54) is 38.4 Å². The normalized spacial score (nSPS) is 16.2. The SMILES string of the molecule is CN(C)S(=O)(=O)c1cccc(C(=O)NCC(=O)NC(c2ccc3c(c2)OCCO3)C2CC2)c1. The summed E-state index contributed by atoms with van der Waals surface area (Å²) >= 11 is 0. The second-order valence-corrected chi connectivity index (χ2v) is 10.4. The van der Waals surface area contributed by atoms with Crippen molar-refractivity contribution in [3.8, 4) is 11.5 Å². The van der Waals surface area contributed by atoms with Gasteiger partial charge in [0.05, 0.1) is 17.5 Å². The molecule has 2 aromatic rings. The molecule has 1 atom stereocenters. The van der Waals surface area contributed by atoms with Crippen molar-refractivity contribution in [3.63, 3.8) is 0 Å². The molecule has 0 bridgehead atoms. The zero-order valence-corrected chi connectivity index (χ0v) is 19.4. The van der Waals surface area contributed by atoms with Crippen LogP contribution in [0.1, 0.15) is 34.8 Å². The third kappa shape index (κ3) is 5.28. The van der Waals surface area contributed by atoms with Crippen molar-refractivity contribution in [3.05, 3.63) is 53.6 Å². The maximum atomic E-state index is 12.6. The van der Waals surface area contributed by atoms with Crippen molar-refractivity contribution < 1.29 is 27.5 Å². The summed E-state index contributed by atoms with van der Waals surface area (Å²) in [6, 6.07) is 11.2. The maximum absolute atomic E-state index is 12.6. The van der Waals surface area contributed by atoms with Crippen LogP contribution in [-0.2, 0) is 14.8 Å². The number of amides is 2. The van der Waals surface area contributed by atoms with Gasteiger partial charge in [-0.2, -0.15) is 0 Å². The largest absolute Gasteiger partial charge is 0.486 e. The van der Waals surface area contributed by atoms with Gasteiger partial charge < -0.3 is 20.1 Å². The molecular weight excluding hydrogens is 446 g/mol. The van der Waals surface area contributed by atoms with Gasteiger partial charge in [-0.3, -0.25) is 9.59 Å². The summed E-state index contributed by atoms with van der Waals surface area (Å²) in [5, 5.41) is 5.58. The van der Waals surface area contributed by atoms with E-state index in [2.05, 4.69) is 10.6 Å². The Labute approximate surface area is 193 Å². The molecule has 1 unspecified atom stereocenters. The molecule has 2 N–H and O–H groups in total. The minimum Gasteiger partial charge on any atom is -0.486 e. The Balaban J connectivity index is 1.39. The highest BCUT2D eigenvalue weighted by Crippen LogP contribution is 2.43. The van der Waals surface area contributed by atoms with Crippen LogP contribution in [0.5, 0.6) is 11.5 Å². The van der Waals surface area contributed by atoms with Crippen molar-refractivity contribution >= 4 is 21.8 Å². The van der Waals surface area contributed by atoms with E-state index in [1.807, 2.05) is 18.2 Å². The third-order valence-corrected chi connectivity index (χ3v) is 7.43. The first-order valence-corrected chi connectivity index (χ1v) is 12.2. The summed E-state index contributed by atoms with van der Waals surface area (Å²) in [6.45, 7) is 0.774. The van der Waals surface area contributed by atoms with Crippen LogP contribution in [0.25, 0.3) is 0 Å². The van der Waals surface area contributed by atoms with Crippen LogP contribution >= 0.6 is 0 Å². The molecule has 33 heavy (non-hydrogen) atoms. The van der Waals surface area contributed by atoms with Crippen molar-refractivity contribution in [2.45, 2.75) is 23.8 Å². The van der Waals surface area contributed by atoms with E-state index in [9.17, 15) is 18.0 Å². The van der Waals surface area contributed by atoms with Crippen LogP contribution in [0.3, 0.4) is 0 Å². The predicted molar refractivity (Wildman–Crippen MR) is 121 cm³/mol. The highest BCUT2D eigenvalue weighted by molar-refractivity contribution is 7.89. The molecule has 2 aliphatic rings. The van der Waals surface area contributed by atoms with Crippen molar-refractivity contribution in [1.29, 1.82) is 0 Å². The first-order valence-electron chi connectivity index (χ1n) is 10.8. The van der Waals surface area contributed by atoms with Crippen molar-refractivity contribution in [2.75, 3.05) is 33.9 Å². The average molecular weight is 474 g/mol. The lowest BCUT2D eigenvalue weighted by atomic mass is 10.0. The number of carbonyl (C=O) groups excluding carboxylic acids is 2. The molecule has 9 nitrogen and oxygen atoms in total. The molecule has 0 aromatic heterocycles. The van der Waals surface area contributed by atoms with Gasteiger partial charge in [-0.05, 0) is 54.7 Å². The third-order valence-electron chi connectivity index (χ3n) is 5.62. The molecule has 1 aliphatic heterocycles. The zero-order chi connectivity index (χ0) is 23.6. The molecule has 4 rings (SSSR count). The molecule has 1 heterocycles.